The van der Waals surface area contributed by atoms with Crippen LogP contribution in [0.3, 0.4) is 0 Å². The molecule has 0 aliphatic carbocycles. The largest absolute Gasteiger partial charge is 0.471 e. The van der Waals surface area contributed by atoms with Crippen LogP contribution in [0.5, 0.6) is 5.88 Å². The summed E-state index contributed by atoms with van der Waals surface area (Å²) in [5, 5.41) is 12.0. The minimum atomic E-state index is -0.764. The molecule has 9 nitrogen and oxygen atoms in total. The fraction of sp³-hybridized carbons (Fsp3) is 0.429. The number of ether oxygens (including phenoxy) is 3. The molecule has 1 aromatic heterocycles. The van der Waals surface area contributed by atoms with Gasteiger partial charge in [-0.25, -0.2) is 9.78 Å². The van der Waals surface area contributed by atoms with E-state index in [4.69, 9.17) is 31.1 Å². The van der Waals surface area contributed by atoms with Crippen LogP contribution in [0.4, 0.5) is 20.7 Å². The molecule has 32 heavy (non-hydrogen) atoms. The molecular formula is C21H21ClFN5O4. The number of rotatable bonds is 5. The zero-order valence-electron chi connectivity index (χ0n) is 17.3. The van der Waals surface area contributed by atoms with Crippen LogP contribution in [0.2, 0.25) is 5.02 Å². The summed E-state index contributed by atoms with van der Waals surface area (Å²) in [7, 11) is 0. The molecule has 1 amide bonds. The number of hydrogen-bond acceptors (Lipinski definition) is 8. The van der Waals surface area contributed by atoms with Crippen LogP contribution >= 0.6 is 11.6 Å². The van der Waals surface area contributed by atoms with Gasteiger partial charge in [0.05, 0.1) is 42.2 Å². The Morgan fingerprint density at radius 3 is 2.78 bits per heavy atom. The smallest absolute Gasteiger partial charge is 0.409 e. The summed E-state index contributed by atoms with van der Waals surface area (Å²) in [5.74, 6) is -1.36. The summed E-state index contributed by atoms with van der Waals surface area (Å²) >= 11 is 6.17. The van der Waals surface area contributed by atoms with E-state index in [0.29, 0.717) is 44.2 Å². The van der Waals surface area contributed by atoms with E-state index in [-0.39, 0.29) is 40.8 Å². The lowest BCUT2D eigenvalue weighted by Gasteiger charge is -2.45. The average molecular weight is 462 g/mol. The molecule has 3 heterocycles. The highest BCUT2D eigenvalue weighted by Crippen LogP contribution is 2.34. The number of aromatic nitrogens is 2. The van der Waals surface area contributed by atoms with Crippen molar-refractivity contribution in [2.75, 3.05) is 38.2 Å². The van der Waals surface area contributed by atoms with Crippen molar-refractivity contribution in [3.63, 3.8) is 0 Å². The van der Waals surface area contributed by atoms with Gasteiger partial charge in [-0.2, -0.15) is 14.6 Å². The number of nitrogens with one attached hydrogen (secondary N) is 1. The number of carbonyl (C=O) groups excluding carboxylic acids is 1. The lowest BCUT2D eigenvalue weighted by atomic mass is 9.84. The van der Waals surface area contributed by atoms with Crippen LogP contribution < -0.4 is 10.1 Å². The van der Waals surface area contributed by atoms with Crippen molar-refractivity contribution >= 4 is 29.2 Å². The molecule has 0 saturated carbocycles. The standard InChI is InChI=1S/C21H21ClFN5O4/c1-2-31-21(29)28-7-13-9-30-10-14(8-28)18(13)32-20-17(23)19(25-11-26-20)27-16-4-3-12(6-24)5-15(16)22/h3-5,11,13-14,18H,2,7-10H2,1H3,(H,25,26,27). The topological polar surface area (TPSA) is 110 Å². The van der Waals surface area contributed by atoms with E-state index in [2.05, 4.69) is 15.3 Å². The van der Waals surface area contributed by atoms with Crippen molar-refractivity contribution in [3.05, 3.63) is 40.9 Å². The number of amides is 1. The van der Waals surface area contributed by atoms with Gasteiger partial charge in [0.1, 0.15) is 12.4 Å². The monoisotopic (exact) mass is 461 g/mol. The first kappa shape index (κ1) is 22.0. The molecule has 2 saturated heterocycles. The summed E-state index contributed by atoms with van der Waals surface area (Å²) in [6.07, 6.45) is 0.449. The maximum atomic E-state index is 15.1. The van der Waals surface area contributed by atoms with Gasteiger partial charge < -0.3 is 24.4 Å². The molecule has 2 atom stereocenters. The highest BCUT2D eigenvalue weighted by Gasteiger charge is 2.44. The number of nitriles is 1. The van der Waals surface area contributed by atoms with Gasteiger partial charge in [0.15, 0.2) is 5.82 Å². The van der Waals surface area contributed by atoms with Gasteiger partial charge in [0, 0.05) is 24.9 Å². The third kappa shape index (κ3) is 4.54. The van der Waals surface area contributed by atoms with Gasteiger partial charge in [0.25, 0.3) is 5.88 Å². The molecule has 2 aliphatic heterocycles. The average Bonchev–Trinajstić information content (AvgIpc) is 2.77. The number of piperidine rings is 1. The number of likely N-dealkylation sites (tertiary alicyclic amines) is 1. The highest BCUT2D eigenvalue weighted by atomic mass is 35.5. The highest BCUT2D eigenvalue weighted by molar-refractivity contribution is 6.33. The second-order valence-corrected chi connectivity index (χ2v) is 7.92. The quantitative estimate of drug-likeness (QED) is 0.721. The number of carbonyl (C=O) groups is 1. The SMILES string of the molecule is CCOC(=O)N1CC2COCC(C1)C2Oc1ncnc(Nc2ccc(C#N)cc2Cl)c1F. The van der Waals surface area contributed by atoms with Crippen molar-refractivity contribution in [3.8, 4) is 11.9 Å². The summed E-state index contributed by atoms with van der Waals surface area (Å²) < 4.78 is 31.9. The van der Waals surface area contributed by atoms with Gasteiger partial charge >= 0.3 is 6.09 Å². The minimum Gasteiger partial charge on any atom is -0.471 e. The molecule has 2 aromatic rings. The van der Waals surface area contributed by atoms with Gasteiger partial charge in [0.2, 0.25) is 5.82 Å². The van der Waals surface area contributed by atoms with E-state index < -0.39 is 5.82 Å². The number of benzene rings is 1. The summed E-state index contributed by atoms with van der Waals surface area (Å²) in [4.78, 5) is 21.7. The number of hydrogen-bond donors (Lipinski definition) is 1. The molecule has 4 rings (SSSR count). The molecule has 1 N–H and O–H groups in total. The number of halogens is 2. The first-order valence-electron chi connectivity index (χ1n) is 10.1. The Labute approximate surface area is 189 Å². The van der Waals surface area contributed by atoms with E-state index in [0.717, 1.165) is 0 Å². The number of fused-ring (bicyclic) bond motifs is 2. The molecular weight excluding hydrogens is 441 g/mol. The van der Waals surface area contributed by atoms with Crippen molar-refractivity contribution < 1.29 is 23.4 Å². The van der Waals surface area contributed by atoms with Crippen molar-refractivity contribution in [2.45, 2.75) is 13.0 Å². The third-order valence-corrected chi connectivity index (χ3v) is 5.70. The van der Waals surface area contributed by atoms with Crippen molar-refractivity contribution in [1.82, 2.24) is 14.9 Å². The van der Waals surface area contributed by atoms with Gasteiger partial charge in [-0.05, 0) is 25.1 Å². The lowest BCUT2D eigenvalue weighted by Crippen LogP contribution is -2.58. The summed E-state index contributed by atoms with van der Waals surface area (Å²) in [6.45, 7) is 3.60. The predicted octanol–water partition coefficient (Wildman–Crippen LogP) is 3.37. The molecule has 11 heteroatoms. The molecule has 0 spiro atoms. The second-order valence-electron chi connectivity index (χ2n) is 7.52. The van der Waals surface area contributed by atoms with Gasteiger partial charge in [-0.3, -0.25) is 0 Å². The third-order valence-electron chi connectivity index (χ3n) is 5.39. The second kappa shape index (κ2) is 9.54. The normalized spacial score (nSPS) is 22.1. The molecule has 2 unspecified atom stereocenters. The van der Waals surface area contributed by atoms with Crippen LogP contribution in [-0.2, 0) is 9.47 Å². The predicted molar refractivity (Wildman–Crippen MR) is 112 cm³/mol. The van der Waals surface area contributed by atoms with E-state index in [1.165, 1.54) is 12.4 Å². The lowest BCUT2D eigenvalue weighted by molar-refractivity contribution is -0.110. The fourth-order valence-corrected chi connectivity index (χ4v) is 4.15. The van der Waals surface area contributed by atoms with E-state index in [1.54, 1.807) is 24.0 Å². The van der Waals surface area contributed by atoms with Gasteiger partial charge in [-0.1, -0.05) is 11.6 Å². The van der Waals surface area contributed by atoms with Crippen LogP contribution in [0, 0.1) is 29.0 Å². The Balaban J connectivity index is 1.51. The number of nitrogens with zero attached hydrogens (tertiary/aromatic N) is 4. The van der Waals surface area contributed by atoms with Gasteiger partial charge in [-0.15, -0.1) is 0 Å². The Kier molecular flexibility index (Phi) is 6.58. The van der Waals surface area contributed by atoms with E-state index >= 15 is 4.39 Å². The van der Waals surface area contributed by atoms with E-state index in [9.17, 15) is 4.79 Å². The first-order chi connectivity index (χ1) is 15.5. The van der Waals surface area contributed by atoms with Crippen LogP contribution in [0.15, 0.2) is 24.5 Å². The molecule has 2 fully saturated rings. The Bertz CT molecular complexity index is 1040. The molecule has 1 aromatic carbocycles. The van der Waals surface area contributed by atoms with Crippen LogP contribution in [0.1, 0.15) is 12.5 Å². The first-order valence-corrected chi connectivity index (χ1v) is 10.5. The maximum Gasteiger partial charge on any atom is 0.409 e. The summed E-state index contributed by atoms with van der Waals surface area (Å²) in [5.41, 5.74) is 0.776. The fourth-order valence-electron chi connectivity index (χ4n) is 3.92. The zero-order valence-corrected chi connectivity index (χ0v) is 18.0. The molecule has 168 valence electrons. The Morgan fingerprint density at radius 2 is 2.12 bits per heavy atom. The van der Waals surface area contributed by atoms with Crippen molar-refractivity contribution in [2.24, 2.45) is 11.8 Å². The molecule has 0 radical (unpaired) electrons. The van der Waals surface area contributed by atoms with E-state index in [1.807, 2.05) is 6.07 Å². The summed E-state index contributed by atoms with van der Waals surface area (Å²) in [6, 6.07) is 6.58. The van der Waals surface area contributed by atoms with Crippen LogP contribution in [-0.4, -0.2) is 60.0 Å². The molecule has 2 aliphatic rings. The molecule has 2 bridgehead atoms. The zero-order chi connectivity index (χ0) is 22.7. The van der Waals surface area contributed by atoms with Crippen molar-refractivity contribution in [1.29, 1.82) is 5.26 Å². The number of anilines is 2. The Hall–Kier alpha value is -3.16. The Morgan fingerprint density at radius 1 is 1.38 bits per heavy atom. The minimum absolute atomic E-state index is 0.105. The van der Waals surface area contributed by atoms with Crippen LogP contribution in [0.25, 0.3) is 0 Å². The maximum absolute atomic E-state index is 15.1.